The van der Waals surface area contributed by atoms with Crippen LogP contribution in [0.15, 0.2) is 78.1 Å². The molecular weight excluding hydrogens is 806 g/mol. The van der Waals surface area contributed by atoms with E-state index >= 15 is 0 Å². The fraction of sp³-hybridized carbons (Fsp3) is 0.533. The molecule has 3 amide bonds. The van der Waals surface area contributed by atoms with Crippen molar-refractivity contribution in [3.8, 4) is 5.75 Å². The van der Waals surface area contributed by atoms with Gasteiger partial charge in [-0.2, -0.15) is 11.8 Å². The summed E-state index contributed by atoms with van der Waals surface area (Å²) in [5, 5.41) is 32.1. The van der Waals surface area contributed by atoms with Gasteiger partial charge in [0.05, 0.1) is 24.9 Å². The number of amides is 3. The van der Waals surface area contributed by atoms with Gasteiger partial charge in [0.25, 0.3) is 0 Å². The van der Waals surface area contributed by atoms with E-state index in [1.165, 1.54) is 7.11 Å². The third-order valence-electron chi connectivity index (χ3n) is 10.7. The van der Waals surface area contributed by atoms with E-state index in [9.17, 15) is 24.6 Å². The molecule has 0 radical (unpaired) electrons. The van der Waals surface area contributed by atoms with E-state index in [1.54, 1.807) is 63.0 Å². The smallest absolute Gasteiger partial charge is 0.409 e. The Morgan fingerprint density at radius 3 is 2.53 bits per heavy atom. The molecule has 60 heavy (non-hydrogen) atoms. The maximum Gasteiger partial charge on any atom is 0.409 e. The highest BCUT2D eigenvalue weighted by molar-refractivity contribution is 7.99. The minimum Gasteiger partial charge on any atom is -0.510 e. The first-order chi connectivity index (χ1) is 28.5. The van der Waals surface area contributed by atoms with Crippen LogP contribution in [0.4, 0.5) is 10.5 Å². The predicted octanol–water partition coefficient (Wildman–Crippen LogP) is 6.79. The number of anilines is 1. The Morgan fingerprint density at radius 1 is 1.17 bits per heavy atom. The van der Waals surface area contributed by atoms with Gasteiger partial charge in [-0.05, 0) is 93.0 Å². The monoisotopic (exact) mass is 871 g/mol. The molecular formula is C45H66ClN5O8S. The van der Waals surface area contributed by atoms with Crippen LogP contribution in [-0.4, -0.2) is 109 Å². The molecule has 3 rings (SSSR count). The first kappa shape index (κ1) is 50.1. The maximum atomic E-state index is 13.0. The minimum absolute atomic E-state index is 0.0770. The number of allylic oxidation sites excluding steroid dienone is 4. The molecule has 0 saturated carbocycles. The highest BCUT2D eigenvalue weighted by atomic mass is 35.5. The number of aliphatic hydroxyl groups excluding tert-OH is 1. The number of nitrogens with one attached hydrogen (secondary N) is 3. The van der Waals surface area contributed by atoms with Crippen molar-refractivity contribution in [3.63, 3.8) is 0 Å². The molecule has 7 N–H and O–H groups in total. The zero-order valence-corrected chi connectivity index (χ0v) is 37.9. The summed E-state index contributed by atoms with van der Waals surface area (Å²) in [5.41, 5.74) is 7.72. The zero-order valence-electron chi connectivity index (χ0n) is 36.3. The van der Waals surface area contributed by atoms with Crippen molar-refractivity contribution < 1.29 is 38.8 Å². The quantitative estimate of drug-likeness (QED) is 0.0351. The van der Waals surface area contributed by atoms with E-state index in [4.69, 9.17) is 31.5 Å². The second kappa shape index (κ2) is 24.9. The van der Waals surface area contributed by atoms with Gasteiger partial charge in [0.15, 0.2) is 5.72 Å². The van der Waals surface area contributed by atoms with Gasteiger partial charge >= 0.3 is 6.09 Å². The van der Waals surface area contributed by atoms with Crippen molar-refractivity contribution in [2.75, 3.05) is 51.7 Å². The van der Waals surface area contributed by atoms with Crippen molar-refractivity contribution >= 4 is 47.0 Å². The number of methoxy groups -OCH3 is 2. The van der Waals surface area contributed by atoms with E-state index in [0.717, 1.165) is 34.6 Å². The molecule has 1 aliphatic rings. The molecule has 13 nitrogen and oxygen atoms in total. The fourth-order valence-corrected chi connectivity index (χ4v) is 8.28. The zero-order chi connectivity index (χ0) is 44.4. The number of nitrogens with zero attached hydrogens (tertiary/aromatic N) is 1. The van der Waals surface area contributed by atoms with Crippen LogP contribution >= 0.6 is 23.4 Å². The summed E-state index contributed by atoms with van der Waals surface area (Å²) in [6.45, 7) is 8.29. The molecule has 2 aromatic carbocycles. The molecule has 15 heteroatoms. The summed E-state index contributed by atoms with van der Waals surface area (Å²) in [6, 6.07) is 12.6. The molecule has 0 aromatic heterocycles. The maximum absolute atomic E-state index is 13.0. The number of hydrogen-bond acceptors (Lipinski definition) is 11. The summed E-state index contributed by atoms with van der Waals surface area (Å²) in [5.74, 6) is 1.34. The predicted molar refractivity (Wildman–Crippen MR) is 241 cm³/mol. The summed E-state index contributed by atoms with van der Waals surface area (Å²) in [4.78, 5) is 39.2. The van der Waals surface area contributed by atoms with Crippen molar-refractivity contribution in [2.24, 2.45) is 17.6 Å². The molecule has 0 unspecified atom stereocenters. The summed E-state index contributed by atoms with van der Waals surface area (Å²) >= 11 is 8.04. The van der Waals surface area contributed by atoms with Crippen LogP contribution in [0.25, 0.3) is 0 Å². The van der Waals surface area contributed by atoms with Gasteiger partial charge in [-0.1, -0.05) is 79.6 Å². The molecule has 332 valence electrons. The Kier molecular flexibility index (Phi) is 20.8. The van der Waals surface area contributed by atoms with Crippen LogP contribution in [0, 0.1) is 11.8 Å². The van der Waals surface area contributed by atoms with Gasteiger partial charge in [-0.3, -0.25) is 14.9 Å². The normalized spacial score (nSPS) is 19.8. The molecule has 1 saturated heterocycles. The molecule has 0 spiro atoms. The number of hydrogen-bond donors (Lipinski definition) is 6. The Labute approximate surface area is 365 Å². The average Bonchev–Trinajstić information content (AvgIpc) is 3.21. The molecule has 1 aliphatic heterocycles. The second-order valence-corrected chi connectivity index (χ2v) is 17.2. The molecule has 1 heterocycles. The van der Waals surface area contributed by atoms with E-state index < -0.39 is 36.1 Å². The number of alkyl carbamates (subject to hydrolysis) is 1. The lowest BCUT2D eigenvalue weighted by Gasteiger charge is -2.42. The van der Waals surface area contributed by atoms with Crippen molar-refractivity contribution in [2.45, 2.75) is 96.2 Å². The number of thioether (sulfide) groups is 1. The first-order valence-corrected chi connectivity index (χ1v) is 22.0. The Hall–Kier alpha value is -4.21. The third-order valence-corrected chi connectivity index (χ3v) is 12.2. The molecule has 1 fully saturated rings. The number of halogens is 1. The van der Waals surface area contributed by atoms with Crippen LogP contribution in [0.5, 0.6) is 5.75 Å². The summed E-state index contributed by atoms with van der Waals surface area (Å²) in [7, 11) is 6.52. The van der Waals surface area contributed by atoms with Crippen LogP contribution in [0.3, 0.4) is 0 Å². The number of carbonyl (C=O) groups is 3. The van der Waals surface area contributed by atoms with E-state index in [-0.39, 0.29) is 35.8 Å². The van der Waals surface area contributed by atoms with Gasteiger partial charge in [-0.15, -0.1) is 0 Å². The Balaban J connectivity index is 1.47. The van der Waals surface area contributed by atoms with Crippen LogP contribution in [-0.2, 0) is 31.9 Å². The van der Waals surface area contributed by atoms with Crippen LogP contribution < -0.4 is 26.4 Å². The topological polar surface area (TPSA) is 185 Å². The molecule has 0 aliphatic carbocycles. The lowest BCUT2D eigenvalue weighted by atomic mass is 9.85. The van der Waals surface area contributed by atoms with Gasteiger partial charge in [0.2, 0.25) is 11.8 Å². The molecule has 0 bridgehead atoms. The number of cyclic esters (lactones) is 1. The lowest BCUT2D eigenvalue weighted by molar-refractivity contribution is -0.142. The largest absolute Gasteiger partial charge is 0.510 e. The second-order valence-electron chi connectivity index (χ2n) is 15.6. The number of ether oxygens (including phenoxy) is 3. The van der Waals surface area contributed by atoms with Gasteiger partial charge in [-0.25, -0.2) is 4.79 Å². The number of nitrogens with two attached hydrogens (primary N) is 1. The highest BCUT2D eigenvalue weighted by Gasteiger charge is 2.46. The number of carbonyl (C=O) groups excluding carboxylic acids is 3. The van der Waals surface area contributed by atoms with Crippen molar-refractivity contribution in [1.29, 1.82) is 0 Å². The number of primary amides is 1. The van der Waals surface area contributed by atoms with Crippen LogP contribution in [0.1, 0.15) is 64.5 Å². The number of rotatable bonds is 25. The number of benzene rings is 2. The summed E-state index contributed by atoms with van der Waals surface area (Å²) < 4.78 is 16.7. The minimum atomic E-state index is -1.73. The first-order valence-electron chi connectivity index (χ1n) is 20.4. The molecule has 7 atom stereocenters. The fourth-order valence-electron chi connectivity index (χ4n) is 7.13. The van der Waals surface area contributed by atoms with Gasteiger partial charge in [0.1, 0.15) is 28.7 Å². The third kappa shape index (κ3) is 15.7. The van der Waals surface area contributed by atoms with Crippen molar-refractivity contribution in [3.05, 3.63) is 94.3 Å². The van der Waals surface area contributed by atoms with Crippen LogP contribution in [0.2, 0.25) is 5.02 Å². The SMILES string of the molecule is CNc1cc(C/C(C)=C/C=C/[C@@H](OC)[C@@]2(O)C[C@@H]([C@@H](C)C[C@@H](C)/C=C(\O)[C@H](C)N(C)C(=O)CCSCCCN[C@H](Cc3ccccc3)C(N)=O)OC(=O)N2)cc(OC)c1Cl. The van der Waals surface area contributed by atoms with Crippen molar-refractivity contribution in [1.82, 2.24) is 15.5 Å². The number of likely N-dealkylation sites (N-methyl/N-ethyl adjacent to an activating group) is 1. The van der Waals surface area contributed by atoms with E-state index in [2.05, 4.69) is 16.0 Å². The summed E-state index contributed by atoms with van der Waals surface area (Å²) in [6.07, 6.45) is 7.84. The lowest BCUT2D eigenvalue weighted by Crippen LogP contribution is -2.63. The van der Waals surface area contributed by atoms with E-state index in [0.29, 0.717) is 48.8 Å². The van der Waals surface area contributed by atoms with Gasteiger partial charge in [0, 0.05) is 39.8 Å². The average molecular weight is 873 g/mol. The Morgan fingerprint density at radius 2 is 1.88 bits per heavy atom. The van der Waals surface area contributed by atoms with Gasteiger partial charge < -0.3 is 45.7 Å². The van der Waals surface area contributed by atoms with E-state index in [1.807, 2.05) is 69.3 Å². The Bertz CT molecular complexity index is 1770. The highest BCUT2D eigenvalue weighted by Crippen LogP contribution is 2.34. The standard InChI is InChI=1S/C45H66ClN5O8S/c1-29(23-34-26-35(48-5)42(46)38(27-34)57-7)14-12-17-40(58-8)45(56)28-39(59-44(55)50-45)31(3)22-30(2)24-37(52)32(4)51(6)41(53)18-21-60-20-13-19-49-36(43(47)54)25-33-15-10-9-11-16-33/h9-12,14-17,24,26-27,30-32,36,39-40,48-49,52,56H,13,18-23,25,28H2,1-8H3,(H2,47,54)(H,50,55)/b17-12+,29-14+,37-24-/t30-,31+,32+,36-,39+,40-,45+/m1/s1. The number of aliphatic hydroxyl groups is 2. The molecule has 2 aromatic rings.